The molecule has 0 saturated carbocycles. The second kappa shape index (κ2) is 5.24. The summed E-state index contributed by atoms with van der Waals surface area (Å²) in [6.45, 7) is 0. The van der Waals surface area contributed by atoms with Crippen LogP contribution in [0.4, 0.5) is 0 Å². The minimum Gasteiger partial charge on any atom is -0.452 e. The highest BCUT2D eigenvalue weighted by molar-refractivity contribution is 7.12. The number of rotatable bonds is 3. The molecular formula is C18H11NO2S. The SMILES string of the molecule is O=C(c1cc2ccccc2o1)c1nc(-c2ccccc2)cs1. The van der Waals surface area contributed by atoms with Gasteiger partial charge in [0.15, 0.2) is 10.8 Å². The zero-order valence-electron chi connectivity index (χ0n) is 11.5. The van der Waals surface area contributed by atoms with Crippen LogP contribution in [0.5, 0.6) is 0 Å². The zero-order valence-corrected chi connectivity index (χ0v) is 12.3. The van der Waals surface area contributed by atoms with Crippen molar-refractivity contribution in [3.8, 4) is 11.3 Å². The summed E-state index contributed by atoms with van der Waals surface area (Å²) in [5.74, 6) is 0.151. The third kappa shape index (κ3) is 2.23. The lowest BCUT2D eigenvalue weighted by Gasteiger charge is -1.94. The normalized spacial score (nSPS) is 10.9. The second-order valence-corrected chi connectivity index (χ2v) is 5.74. The van der Waals surface area contributed by atoms with Crippen LogP contribution in [0.15, 0.2) is 70.5 Å². The van der Waals surface area contributed by atoms with E-state index in [2.05, 4.69) is 4.98 Å². The molecule has 4 rings (SSSR count). The predicted molar refractivity (Wildman–Crippen MR) is 87.2 cm³/mol. The maximum Gasteiger partial charge on any atom is 0.256 e. The van der Waals surface area contributed by atoms with E-state index in [0.717, 1.165) is 16.6 Å². The molecule has 0 spiro atoms. The molecule has 2 heterocycles. The summed E-state index contributed by atoms with van der Waals surface area (Å²) in [4.78, 5) is 17.0. The largest absolute Gasteiger partial charge is 0.452 e. The first-order chi connectivity index (χ1) is 10.8. The number of hydrogen-bond acceptors (Lipinski definition) is 4. The molecule has 0 radical (unpaired) electrons. The van der Waals surface area contributed by atoms with E-state index in [4.69, 9.17) is 4.42 Å². The van der Waals surface area contributed by atoms with Gasteiger partial charge in [-0.1, -0.05) is 48.5 Å². The smallest absolute Gasteiger partial charge is 0.256 e. The van der Waals surface area contributed by atoms with Gasteiger partial charge < -0.3 is 4.42 Å². The highest BCUT2D eigenvalue weighted by Crippen LogP contribution is 2.25. The molecule has 0 aliphatic rings. The molecule has 0 fully saturated rings. The van der Waals surface area contributed by atoms with Gasteiger partial charge >= 0.3 is 0 Å². The fourth-order valence-electron chi connectivity index (χ4n) is 2.32. The van der Waals surface area contributed by atoms with Crippen LogP contribution in [0.25, 0.3) is 22.2 Å². The number of aromatic nitrogens is 1. The Balaban J connectivity index is 1.70. The Kier molecular flexibility index (Phi) is 3.09. The van der Waals surface area contributed by atoms with Gasteiger partial charge in [0.2, 0.25) is 0 Å². The summed E-state index contributed by atoms with van der Waals surface area (Å²) >= 11 is 1.34. The molecule has 2 aromatic heterocycles. The van der Waals surface area contributed by atoms with Gasteiger partial charge in [-0.25, -0.2) is 4.98 Å². The second-order valence-electron chi connectivity index (χ2n) is 4.88. The fourth-order valence-corrected chi connectivity index (χ4v) is 3.09. The monoisotopic (exact) mass is 305 g/mol. The molecule has 3 nitrogen and oxygen atoms in total. The van der Waals surface area contributed by atoms with Gasteiger partial charge in [0, 0.05) is 16.3 Å². The van der Waals surface area contributed by atoms with Gasteiger partial charge in [-0.05, 0) is 12.1 Å². The minimum absolute atomic E-state index is 0.177. The Labute approximate surface area is 130 Å². The number of carbonyl (C=O) groups excluding carboxylic acids is 1. The first-order valence-corrected chi connectivity index (χ1v) is 7.73. The summed E-state index contributed by atoms with van der Waals surface area (Å²) in [7, 11) is 0. The van der Waals surface area contributed by atoms with Gasteiger partial charge in [0.1, 0.15) is 5.58 Å². The third-order valence-electron chi connectivity index (χ3n) is 3.42. The predicted octanol–water partition coefficient (Wildman–Crippen LogP) is 4.79. The molecule has 22 heavy (non-hydrogen) atoms. The summed E-state index contributed by atoms with van der Waals surface area (Å²) in [5, 5.41) is 3.26. The third-order valence-corrected chi connectivity index (χ3v) is 4.26. The molecule has 0 N–H and O–H groups in total. The van der Waals surface area contributed by atoms with Crippen molar-refractivity contribution in [3.05, 3.63) is 76.8 Å². The summed E-state index contributed by atoms with van der Waals surface area (Å²) in [6.07, 6.45) is 0. The van der Waals surface area contributed by atoms with Crippen LogP contribution >= 0.6 is 11.3 Å². The van der Waals surface area contributed by atoms with Crippen molar-refractivity contribution < 1.29 is 9.21 Å². The van der Waals surface area contributed by atoms with Crippen molar-refractivity contribution in [2.24, 2.45) is 0 Å². The van der Waals surface area contributed by atoms with Crippen LogP contribution in [0, 0.1) is 0 Å². The average Bonchev–Trinajstić information content (AvgIpc) is 3.22. The highest BCUT2D eigenvalue weighted by atomic mass is 32.1. The van der Waals surface area contributed by atoms with Crippen LogP contribution in [-0.4, -0.2) is 10.8 Å². The number of nitrogens with zero attached hydrogens (tertiary/aromatic N) is 1. The number of para-hydroxylation sites is 1. The molecule has 4 aromatic rings. The highest BCUT2D eigenvalue weighted by Gasteiger charge is 2.18. The maximum atomic E-state index is 12.5. The number of hydrogen-bond donors (Lipinski definition) is 0. The van der Waals surface area contributed by atoms with Crippen LogP contribution in [0.3, 0.4) is 0 Å². The van der Waals surface area contributed by atoms with Gasteiger partial charge in [-0.2, -0.15) is 0 Å². The van der Waals surface area contributed by atoms with Gasteiger partial charge in [0.05, 0.1) is 5.69 Å². The molecule has 0 aliphatic heterocycles. The van der Waals surface area contributed by atoms with E-state index in [9.17, 15) is 4.79 Å². The molecule has 106 valence electrons. The Morgan fingerprint density at radius 3 is 2.59 bits per heavy atom. The quantitative estimate of drug-likeness (QED) is 0.511. The number of thiazole rings is 1. The van der Waals surface area contributed by atoms with E-state index < -0.39 is 0 Å². The Bertz CT molecular complexity index is 920. The van der Waals surface area contributed by atoms with E-state index in [0.29, 0.717) is 16.4 Å². The molecule has 0 saturated heterocycles. The van der Waals surface area contributed by atoms with Crippen molar-refractivity contribution in [2.75, 3.05) is 0 Å². The fraction of sp³-hybridized carbons (Fsp3) is 0. The van der Waals surface area contributed by atoms with Gasteiger partial charge in [-0.3, -0.25) is 4.79 Å². The Hall–Kier alpha value is -2.72. The lowest BCUT2D eigenvalue weighted by molar-refractivity contribution is 0.101. The van der Waals surface area contributed by atoms with Crippen molar-refractivity contribution in [3.63, 3.8) is 0 Å². The van der Waals surface area contributed by atoms with Crippen LogP contribution in [0.1, 0.15) is 15.6 Å². The maximum absolute atomic E-state index is 12.5. The first-order valence-electron chi connectivity index (χ1n) is 6.85. The summed E-state index contributed by atoms with van der Waals surface area (Å²) in [5.41, 5.74) is 2.53. The topological polar surface area (TPSA) is 43.1 Å². The molecule has 0 atom stereocenters. The lowest BCUT2D eigenvalue weighted by atomic mass is 10.2. The number of furan rings is 1. The minimum atomic E-state index is -0.177. The van der Waals surface area contributed by atoms with E-state index >= 15 is 0 Å². The molecule has 0 aliphatic carbocycles. The average molecular weight is 305 g/mol. The van der Waals surface area contributed by atoms with E-state index in [1.807, 2.05) is 60.0 Å². The zero-order chi connectivity index (χ0) is 14.9. The number of carbonyl (C=O) groups is 1. The summed E-state index contributed by atoms with van der Waals surface area (Å²) in [6, 6.07) is 19.2. The molecule has 2 aromatic carbocycles. The van der Waals surface area contributed by atoms with Crippen molar-refractivity contribution in [1.82, 2.24) is 4.98 Å². The van der Waals surface area contributed by atoms with Gasteiger partial charge in [0.25, 0.3) is 5.78 Å². The van der Waals surface area contributed by atoms with E-state index in [1.54, 1.807) is 6.07 Å². The molecule has 0 unspecified atom stereocenters. The first kappa shape index (κ1) is 13.0. The lowest BCUT2D eigenvalue weighted by Crippen LogP contribution is -1.98. The van der Waals surface area contributed by atoms with Crippen LogP contribution in [0.2, 0.25) is 0 Å². The van der Waals surface area contributed by atoms with E-state index in [1.165, 1.54) is 11.3 Å². The number of fused-ring (bicyclic) bond motifs is 1. The van der Waals surface area contributed by atoms with Crippen LogP contribution < -0.4 is 0 Å². The standard InChI is InChI=1S/C18H11NO2S/c20-17(16-10-13-8-4-5-9-15(13)21-16)18-19-14(11-22-18)12-6-2-1-3-7-12/h1-11H. The molecule has 4 heteroatoms. The van der Waals surface area contributed by atoms with E-state index in [-0.39, 0.29) is 5.78 Å². The van der Waals surface area contributed by atoms with Gasteiger partial charge in [-0.15, -0.1) is 11.3 Å². The van der Waals surface area contributed by atoms with Crippen molar-refractivity contribution in [2.45, 2.75) is 0 Å². The molecule has 0 amide bonds. The molecule has 0 bridgehead atoms. The van der Waals surface area contributed by atoms with Crippen LogP contribution in [-0.2, 0) is 0 Å². The summed E-state index contributed by atoms with van der Waals surface area (Å²) < 4.78 is 5.62. The number of benzene rings is 2. The van der Waals surface area contributed by atoms with Crippen molar-refractivity contribution >= 4 is 28.1 Å². The number of ketones is 1. The van der Waals surface area contributed by atoms with Crippen molar-refractivity contribution in [1.29, 1.82) is 0 Å². The Morgan fingerprint density at radius 1 is 1.00 bits per heavy atom. The Morgan fingerprint density at radius 2 is 1.77 bits per heavy atom. The molecular weight excluding hydrogens is 294 g/mol.